The molecule has 0 spiro atoms. The van der Waals surface area contributed by atoms with Crippen LogP contribution < -0.4 is 0 Å². The lowest BCUT2D eigenvalue weighted by molar-refractivity contribution is -0.0158. The monoisotopic (exact) mass is 228 g/mol. The van der Waals surface area contributed by atoms with Crippen LogP contribution in [0.1, 0.15) is 22.0 Å². The van der Waals surface area contributed by atoms with Gasteiger partial charge in [-0.2, -0.15) is 0 Å². The minimum atomic E-state index is -1.57. The highest BCUT2D eigenvalue weighted by Crippen LogP contribution is 2.25. The Hall–Kier alpha value is -1.63. The van der Waals surface area contributed by atoms with Gasteiger partial charge >= 0.3 is 5.97 Å². The Morgan fingerprint density at radius 1 is 1.31 bits per heavy atom. The number of aromatic hydroxyl groups is 1. The number of phenols is 1. The SMILES string of the molecule is O=C(O)c1ccc(O)cc1C(O)C(O)CO. The fourth-order valence-corrected chi connectivity index (χ4v) is 1.30. The number of phenolic OH excluding ortho intramolecular Hbond substituents is 1. The lowest BCUT2D eigenvalue weighted by Gasteiger charge is -2.17. The van der Waals surface area contributed by atoms with Crippen LogP contribution in [-0.2, 0) is 0 Å². The Balaban J connectivity index is 3.19. The van der Waals surface area contributed by atoms with Crippen LogP contribution >= 0.6 is 0 Å². The quantitative estimate of drug-likeness (QED) is 0.473. The molecule has 0 radical (unpaired) electrons. The topological polar surface area (TPSA) is 118 Å². The van der Waals surface area contributed by atoms with Crippen LogP contribution in [0.5, 0.6) is 5.75 Å². The molecule has 0 aliphatic carbocycles. The van der Waals surface area contributed by atoms with Gasteiger partial charge in [-0.25, -0.2) is 4.79 Å². The number of aliphatic hydroxyl groups excluding tert-OH is 3. The van der Waals surface area contributed by atoms with E-state index in [0.29, 0.717) is 0 Å². The Bertz CT molecular complexity index is 389. The number of carboxylic acids is 1. The van der Waals surface area contributed by atoms with Crippen molar-refractivity contribution in [2.45, 2.75) is 12.2 Å². The van der Waals surface area contributed by atoms with E-state index in [2.05, 4.69) is 0 Å². The Labute approximate surface area is 91.0 Å². The number of aromatic carboxylic acids is 1. The number of hydrogen-bond donors (Lipinski definition) is 5. The van der Waals surface area contributed by atoms with Crippen LogP contribution in [0.25, 0.3) is 0 Å². The van der Waals surface area contributed by atoms with E-state index in [1.165, 1.54) is 0 Å². The number of benzene rings is 1. The molecule has 0 saturated heterocycles. The first-order valence-electron chi connectivity index (χ1n) is 4.50. The van der Waals surface area contributed by atoms with E-state index in [1.54, 1.807) is 0 Å². The molecule has 0 heterocycles. The molecule has 6 nitrogen and oxygen atoms in total. The molecule has 6 heteroatoms. The molecule has 0 aliphatic heterocycles. The minimum absolute atomic E-state index is 0.144. The Kier molecular flexibility index (Phi) is 3.83. The second kappa shape index (κ2) is 4.93. The van der Waals surface area contributed by atoms with E-state index in [9.17, 15) is 20.1 Å². The van der Waals surface area contributed by atoms with Crippen LogP contribution in [0.2, 0.25) is 0 Å². The maximum Gasteiger partial charge on any atom is 0.336 e. The highest BCUT2D eigenvalue weighted by molar-refractivity contribution is 5.89. The fraction of sp³-hybridized carbons (Fsp3) is 0.300. The number of carboxylic acid groups (broad SMARTS) is 1. The molecule has 1 rings (SSSR count). The van der Waals surface area contributed by atoms with Crippen LogP contribution in [0, 0.1) is 0 Å². The van der Waals surface area contributed by atoms with E-state index in [4.69, 9.17) is 10.2 Å². The van der Waals surface area contributed by atoms with E-state index in [0.717, 1.165) is 18.2 Å². The molecule has 1 aromatic carbocycles. The average molecular weight is 228 g/mol. The summed E-state index contributed by atoms with van der Waals surface area (Å²) in [5, 5.41) is 45.4. The molecule has 16 heavy (non-hydrogen) atoms. The van der Waals surface area contributed by atoms with Crippen molar-refractivity contribution in [2.24, 2.45) is 0 Å². The molecule has 0 amide bonds. The molecule has 0 saturated carbocycles. The predicted molar refractivity (Wildman–Crippen MR) is 53.1 cm³/mol. The van der Waals surface area contributed by atoms with Crippen molar-refractivity contribution in [1.29, 1.82) is 0 Å². The van der Waals surface area contributed by atoms with Gasteiger partial charge in [0.1, 0.15) is 18.0 Å². The van der Waals surface area contributed by atoms with Crippen molar-refractivity contribution in [3.8, 4) is 5.75 Å². The van der Waals surface area contributed by atoms with E-state index < -0.39 is 24.8 Å². The maximum atomic E-state index is 10.8. The van der Waals surface area contributed by atoms with Gasteiger partial charge in [-0.1, -0.05) is 0 Å². The summed E-state index contributed by atoms with van der Waals surface area (Å²) in [6, 6.07) is 3.30. The van der Waals surface area contributed by atoms with Crippen molar-refractivity contribution < 1.29 is 30.3 Å². The fourth-order valence-electron chi connectivity index (χ4n) is 1.30. The third-order valence-electron chi connectivity index (χ3n) is 2.14. The first-order chi connectivity index (χ1) is 7.47. The highest BCUT2D eigenvalue weighted by Gasteiger charge is 2.23. The largest absolute Gasteiger partial charge is 0.508 e. The number of hydrogen-bond acceptors (Lipinski definition) is 5. The summed E-state index contributed by atoms with van der Waals surface area (Å²) in [6.45, 7) is -0.712. The molecule has 5 N–H and O–H groups in total. The molecule has 2 unspecified atom stereocenters. The zero-order valence-corrected chi connectivity index (χ0v) is 8.24. The Morgan fingerprint density at radius 3 is 2.44 bits per heavy atom. The zero-order chi connectivity index (χ0) is 12.3. The lowest BCUT2D eigenvalue weighted by atomic mass is 9.98. The van der Waals surface area contributed by atoms with Crippen LogP contribution in [-0.4, -0.2) is 44.2 Å². The van der Waals surface area contributed by atoms with Crippen LogP contribution in [0.4, 0.5) is 0 Å². The molecule has 2 atom stereocenters. The third kappa shape index (κ3) is 2.48. The van der Waals surface area contributed by atoms with Crippen molar-refractivity contribution in [3.63, 3.8) is 0 Å². The van der Waals surface area contributed by atoms with Crippen molar-refractivity contribution in [1.82, 2.24) is 0 Å². The second-order valence-corrected chi connectivity index (χ2v) is 3.27. The van der Waals surface area contributed by atoms with Gasteiger partial charge in [0.05, 0.1) is 12.2 Å². The normalized spacial score (nSPS) is 14.4. The van der Waals surface area contributed by atoms with Gasteiger partial charge in [-0.05, 0) is 18.2 Å². The predicted octanol–water partition coefficient (Wildman–Crippen LogP) is -0.523. The zero-order valence-electron chi connectivity index (χ0n) is 8.24. The van der Waals surface area contributed by atoms with Crippen LogP contribution in [0.15, 0.2) is 18.2 Å². The van der Waals surface area contributed by atoms with E-state index in [1.807, 2.05) is 0 Å². The smallest absolute Gasteiger partial charge is 0.336 e. The molecular weight excluding hydrogens is 216 g/mol. The molecule has 0 fully saturated rings. The van der Waals surface area contributed by atoms with Gasteiger partial charge in [0.2, 0.25) is 0 Å². The molecule has 88 valence electrons. The summed E-state index contributed by atoms with van der Waals surface area (Å²) in [7, 11) is 0. The highest BCUT2D eigenvalue weighted by atomic mass is 16.4. The van der Waals surface area contributed by atoms with Crippen molar-refractivity contribution in [2.75, 3.05) is 6.61 Å². The van der Waals surface area contributed by atoms with Gasteiger partial charge in [0, 0.05) is 5.56 Å². The van der Waals surface area contributed by atoms with Gasteiger partial charge < -0.3 is 25.5 Å². The number of carbonyl (C=O) groups is 1. The first-order valence-corrected chi connectivity index (χ1v) is 4.50. The van der Waals surface area contributed by atoms with Gasteiger partial charge in [-0.15, -0.1) is 0 Å². The summed E-state index contributed by atoms with van der Waals surface area (Å²) in [4.78, 5) is 10.8. The molecule has 1 aromatic rings. The molecule has 0 aliphatic rings. The molecule has 0 bridgehead atoms. The van der Waals surface area contributed by atoms with Gasteiger partial charge in [0.25, 0.3) is 0 Å². The van der Waals surface area contributed by atoms with E-state index in [-0.39, 0.29) is 16.9 Å². The summed E-state index contributed by atoms with van der Waals surface area (Å²) in [5.41, 5.74) is -0.383. The minimum Gasteiger partial charge on any atom is -0.508 e. The summed E-state index contributed by atoms with van der Waals surface area (Å²) in [5.74, 6) is -1.52. The Morgan fingerprint density at radius 2 is 1.94 bits per heavy atom. The standard InChI is InChI=1S/C10H12O6/c11-4-8(13)9(14)7-3-5(12)1-2-6(7)10(15)16/h1-3,8-9,11-14H,4H2,(H,15,16). The van der Waals surface area contributed by atoms with Crippen molar-refractivity contribution in [3.05, 3.63) is 29.3 Å². The summed E-state index contributed by atoms with van der Waals surface area (Å²) < 4.78 is 0. The number of aliphatic hydroxyl groups is 3. The first kappa shape index (κ1) is 12.4. The second-order valence-electron chi connectivity index (χ2n) is 3.27. The third-order valence-corrected chi connectivity index (χ3v) is 2.14. The van der Waals surface area contributed by atoms with Gasteiger partial charge in [0.15, 0.2) is 0 Å². The molecule has 0 aromatic heterocycles. The summed E-state index contributed by atoms with van der Waals surface area (Å²) >= 11 is 0. The lowest BCUT2D eigenvalue weighted by Crippen LogP contribution is -2.23. The van der Waals surface area contributed by atoms with Crippen molar-refractivity contribution >= 4 is 5.97 Å². The average Bonchev–Trinajstić information content (AvgIpc) is 2.26. The van der Waals surface area contributed by atoms with E-state index >= 15 is 0 Å². The van der Waals surface area contributed by atoms with Crippen LogP contribution in [0.3, 0.4) is 0 Å². The molecular formula is C10H12O6. The van der Waals surface area contributed by atoms with Gasteiger partial charge in [-0.3, -0.25) is 0 Å². The number of rotatable bonds is 4. The summed E-state index contributed by atoms with van der Waals surface area (Å²) in [6.07, 6.45) is -3.07. The maximum absolute atomic E-state index is 10.8.